The molecule has 26 heavy (non-hydrogen) atoms. The summed E-state index contributed by atoms with van der Waals surface area (Å²) in [7, 11) is 0. The number of benzene rings is 2. The maximum absolute atomic E-state index is 12.5. The van der Waals surface area contributed by atoms with E-state index in [0.717, 1.165) is 16.8 Å². The van der Waals surface area contributed by atoms with Crippen molar-refractivity contribution in [2.24, 2.45) is 0 Å². The Labute approximate surface area is 153 Å². The van der Waals surface area contributed by atoms with Gasteiger partial charge in [-0.3, -0.25) is 4.79 Å². The first-order chi connectivity index (χ1) is 12.5. The molecule has 0 aliphatic carbocycles. The van der Waals surface area contributed by atoms with Gasteiger partial charge in [-0.05, 0) is 44.0 Å². The lowest BCUT2D eigenvalue weighted by Gasteiger charge is -2.10. The third-order valence-corrected chi connectivity index (χ3v) is 3.90. The number of carbonyl (C=O) groups is 1. The van der Waals surface area contributed by atoms with Crippen LogP contribution in [0.3, 0.4) is 0 Å². The van der Waals surface area contributed by atoms with Crippen LogP contribution in [0.25, 0.3) is 0 Å². The van der Waals surface area contributed by atoms with Crippen LogP contribution in [0.1, 0.15) is 33.0 Å². The fraction of sp³-hybridized carbons (Fsp3) is 0.190. The highest BCUT2D eigenvalue weighted by molar-refractivity contribution is 5.93. The monoisotopic (exact) mass is 346 g/mol. The van der Waals surface area contributed by atoms with Gasteiger partial charge in [-0.2, -0.15) is 0 Å². The van der Waals surface area contributed by atoms with E-state index < -0.39 is 0 Å². The van der Waals surface area contributed by atoms with Gasteiger partial charge in [0.25, 0.3) is 5.91 Å². The van der Waals surface area contributed by atoms with Crippen LogP contribution in [0.4, 0.5) is 11.5 Å². The first kappa shape index (κ1) is 17.6. The minimum atomic E-state index is -0.218. The molecule has 0 bridgehead atoms. The number of hydrogen-bond donors (Lipinski definition) is 2. The largest absolute Gasteiger partial charge is 0.347 e. The molecule has 0 radical (unpaired) electrons. The Morgan fingerprint density at radius 2 is 1.65 bits per heavy atom. The second-order valence-electron chi connectivity index (χ2n) is 6.35. The predicted molar refractivity (Wildman–Crippen MR) is 104 cm³/mol. The molecule has 3 rings (SSSR count). The summed E-state index contributed by atoms with van der Waals surface area (Å²) < 4.78 is 0. The molecule has 5 nitrogen and oxygen atoms in total. The topological polar surface area (TPSA) is 66.9 Å². The van der Waals surface area contributed by atoms with Gasteiger partial charge in [-0.15, -0.1) is 0 Å². The molecule has 1 heterocycles. The molecule has 0 atom stereocenters. The van der Waals surface area contributed by atoms with Gasteiger partial charge in [-0.1, -0.05) is 42.0 Å². The van der Waals surface area contributed by atoms with E-state index in [9.17, 15) is 4.79 Å². The van der Waals surface area contributed by atoms with Crippen LogP contribution in [0.5, 0.6) is 0 Å². The zero-order chi connectivity index (χ0) is 18.5. The van der Waals surface area contributed by atoms with E-state index in [4.69, 9.17) is 0 Å². The third kappa shape index (κ3) is 4.66. The van der Waals surface area contributed by atoms with Crippen molar-refractivity contribution >= 4 is 17.4 Å². The van der Waals surface area contributed by atoms with Crippen LogP contribution in [0.2, 0.25) is 0 Å². The van der Waals surface area contributed by atoms with Gasteiger partial charge >= 0.3 is 0 Å². The first-order valence-electron chi connectivity index (χ1n) is 8.53. The lowest BCUT2D eigenvalue weighted by molar-refractivity contribution is 0.0945. The predicted octanol–water partition coefficient (Wildman–Crippen LogP) is 4.08. The van der Waals surface area contributed by atoms with Crippen molar-refractivity contribution in [2.75, 3.05) is 5.32 Å². The second-order valence-corrected chi connectivity index (χ2v) is 6.35. The van der Waals surface area contributed by atoms with Gasteiger partial charge in [0.2, 0.25) is 0 Å². The molecule has 3 aromatic rings. The summed E-state index contributed by atoms with van der Waals surface area (Å²) in [6.45, 7) is 6.30. The molecule has 0 unspecified atom stereocenters. The summed E-state index contributed by atoms with van der Waals surface area (Å²) in [6.07, 6.45) is 0. The Morgan fingerprint density at radius 1 is 0.923 bits per heavy atom. The molecule has 0 aliphatic heterocycles. The van der Waals surface area contributed by atoms with Crippen molar-refractivity contribution in [3.63, 3.8) is 0 Å². The standard InChI is InChI=1S/C21H22N4O/c1-14-6-4-8-17(10-14)13-22-21(26)19-12-20(24-16(3)23-19)25-18-9-5-7-15(2)11-18/h4-12H,13H2,1-3H3,(H,22,26)(H,23,24,25). The number of hydrogen-bond acceptors (Lipinski definition) is 4. The number of nitrogens with zero attached hydrogens (tertiary/aromatic N) is 2. The molecule has 1 amide bonds. The number of rotatable bonds is 5. The Hall–Kier alpha value is -3.21. The highest BCUT2D eigenvalue weighted by atomic mass is 16.1. The summed E-state index contributed by atoms with van der Waals surface area (Å²) in [6, 6.07) is 17.7. The van der Waals surface area contributed by atoms with Crippen LogP contribution in [-0.2, 0) is 6.54 Å². The summed E-state index contributed by atoms with van der Waals surface area (Å²) in [5.74, 6) is 0.927. The van der Waals surface area contributed by atoms with E-state index in [1.165, 1.54) is 5.56 Å². The molecule has 1 aromatic heterocycles. The van der Waals surface area contributed by atoms with Crippen LogP contribution >= 0.6 is 0 Å². The Kier molecular flexibility index (Phi) is 5.27. The summed E-state index contributed by atoms with van der Waals surface area (Å²) in [5.41, 5.74) is 4.65. The summed E-state index contributed by atoms with van der Waals surface area (Å²) in [4.78, 5) is 21.1. The van der Waals surface area contributed by atoms with E-state index in [-0.39, 0.29) is 5.91 Å². The maximum atomic E-state index is 12.5. The molecular weight excluding hydrogens is 324 g/mol. The lowest BCUT2D eigenvalue weighted by Crippen LogP contribution is -2.24. The molecule has 0 fully saturated rings. The highest BCUT2D eigenvalue weighted by Crippen LogP contribution is 2.16. The quantitative estimate of drug-likeness (QED) is 0.731. The Morgan fingerprint density at radius 3 is 2.38 bits per heavy atom. The van der Waals surface area contributed by atoms with Crippen molar-refractivity contribution in [2.45, 2.75) is 27.3 Å². The molecule has 0 saturated heterocycles. The van der Waals surface area contributed by atoms with Crippen LogP contribution in [0, 0.1) is 20.8 Å². The second kappa shape index (κ2) is 7.78. The van der Waals surface area contributed by atoms with E-state index in [1.54, 1.807) is 13.0 Å². The Balaban J connectivity index is 1.73. The molecule has 0 saturated carbocycles. The van der Waals surface area contributed by atoms with Gasteiger partial charge in [0.15, 0.2) is 0 Å². The van der Waals surface area contributed by atoms with Gasteiger partial charge in [0.05, 0.1) is 0 Å². The van der Waals surface area contributed by atoms with Gasteiger partial charge in [-0.25, -0.2) is 9.97 Å². The van der Waals surface area contributed by atoms with E-state index in [1.807, 2.05) is 56.3 Å². The number of nitrogens with one attached hydrogen (secondary N) is 2. The van der Waals surface area contributed by atoms with Crippen LogP contribution in [0.15, 0.2) is 54.6 Å². The van der Waals surface area contributed by atoms with Gasteiger partial charge in [0.1, 0.15) is 17.3 Å². The normalized spacial score (nSPS) is 10.4. The van der Waals surface area contributed by atoms with Crippen molar-refractivity contribution in [3.05, 3.63) is 82.8 Å². The zero-order valence-electron chi connectivity index (χ0n) is 15.2. The smallest absolute Gasteiger partial charge is 0.270 e. The number of anilines is 2. The summed E-state index contributed by atoms with van der Waals surface area (Å²) >= 11 is 0. The van der Waals surface area contributed by atoms with E-state index in [0.29, 0.717) is 23.9 Å². The third-order valence-electron chi connectivity index (χ3n) is 3.90. The maximum Gasteiger partial charge on any atom is 0.270 e. The van der Waals surface area contributed by atoms with Crippen LogP contribution in [-0.4, -0.2) is 15.9 Å². The van der Waals surface area contributed by atoms with Crippen LogP contribution < -0.4 is 10.6 Å². The van der Waals surface area contributed by atoms with E-state index >= 15 is 0 Å². The average molecular weight is 346 g/mol. The molecule has 0 aliphatic rings. The number of aryl methyl sites for hydroxylation is 3. The SMILES string of the molecule is Cc1cccc(CNC(=O)c2cc(Nc3cccc(C)c3)nc(C)n2)c1. The zero-order valence-corrected chi connectivity index (χ0v) is 15.2. The number of aromatic nitrogens is 2. The molecule has 132 valence electrons. The van der Waals surface area contributed by atoms with Gasteiger partial charge < -0.3 is 10.6 Å². The summed E-state index contributed by atoms with van der Waals surface area (Å²) in [5, 5.41) is 6.14. The highest BCUT2D eigenvalue weighted by Gasteiger charge is 2.11. The van der Waals surface area contributed by atoms with Crippen molar-refractivity contribution < 1.29 is 4.79 Å². The molecule has 2 N–H and O–H groups in total. The Bertz CT molecular complexity index is 937. The fourth-order valence-corrected chi connectivity index (χ4v) is 2.71. The fourth-order valence-electron chi connectivity index (χ4n) is 2.71. The lowest BCUT2D eigenvalue weighted by atomic mass is 10.1. The number of amides is 1. The van der Waals surface area contributed by atoms with Crippen molar-refractivity contribution in [1.82, 2.24) is 15.3 Å². The molecule has 5 heteroatoms. The average Bonchev–Trinajstić information content (AvgIpc) is 2.59. The number of carbonyl (C=O) groups excluding carboxylic acids is 1. The van der Waals surface area contributed by atoms with Gasteiger partial charge in [0, 0.05) is 18.3 Å². The van der Waals surface area contributed by atoms with Crippen molar-refractivity contribution in [3.8, 4) is 0 Å². The first-order valence-corrected chi connectivity index (χ1v) is 8.53. The molecule has 0 spiro atoms. The molecule has 2 aromatic carbocycles. The minimum absolute atomic E-state index is 0.218. The molecular formula is C21H22N4O. The minimum Gasteiger partial charge on any atom is -0.347 e. The van der Waals surface area contributed by atoms with Crippen molar-refractivity contribution in [1.29, 1.82) is 0 Å². The van der Waals surface area contributed by atoms with E-state index in [2.05, 4.69) is 26.7 Å².